The first-order valence-corrected chi connectivity index (χ1v) is 7.94. The third-order valence-electron chi connectivity index (χ3n) is 5.10. The summed E-state index contributed by atoms with van der Waals surface area (Å²) < 4.78 is 11.3. The van der Waals surface area contributed by atoms with E-state index in [1.54, 1.807) is 0 Å². The van der Waals surface area contributed by atoms with E-state index in [0.717, 1.165) is 24.6 Å². The minimum absolute atomic E-state index is 0.295. The molecule has 1 N–H and O–H groups in total. The van der Waals surface area contributed by atoms with E-state index in [9.17, 15) is 0 Å². The molecular formula is C17H26N2O2. The molecule has 1 aromatic carbocycles. The fourth-order valence-electron chi connectivity index (χ4n) is 3.19. The molecule has 0 spiro atoms. The zero-order chi connectivity index (χ0) is 14.9. The number of ether oxygens (including phenoxy) is 2. The Morgan fingerprint density at radius 2 is 1.81 bits per heavy atom. The van der Waals surface area contributed by atoms with Crippen LogP contribution in [0.5, 0.6) is 11.5 Å². The summed E-state index contributed by atoms with van der Waals surface area (Å²) in [6.45, 7) is 8.16. The molecule has 116 valence electrons. The molecule has 0 saturated carbocycles. The van der Waals surface area contributed by atoms with Crippen molar-refractivity contribution >= 4 is 0 Å². The Morgan fingerprint density at radius 1 is 1.14 bits per heavy atom. The summed E-state index contributed by atoms with van der Waals surface area (Å²) >= 11 is 0. The van der Waals surface area contributed by atoms with Gasteiger partial charge >= 0.3 is 0 Å². The number of rotatable bonds is 3. The lowest BCUT2D eigenvalue weighted by Gasteiger charge is -2.42. The van der Waals surface area contributed by atoms with Gasteiger partial charge in [0, 0.05) is 24.7 Å². The highest BCUT2D eigenvalue weighted by molar-refractivity contribution is 5.44. The summed E-state index contributed by atoms with van der Waals surface area (Å²) in [5, 5.41) is 3.46. The van der Waals surface area contributed by atoms with Crippen LogP contribution in [0.25, 0.3) is 0 Å². The first kappa shape index (κ1) is 14.7. The van der Waals surface area contributed by atoms with Gasteiger partial charge in [-0.05, 0) is 51.4 Å². The smallest absolute Gasteiger partial charge is 0.161 e. The summed E-state index contributed by atoms with van der Waals surface area (Å²) in [6.07, 6.45) is 2.39. The molecule has 0 aliphatic carbocycles. The van der Waals surface area contributed by atoms with Gasteiger partial charge in [0.25, 0.3) is 0 Å². The van der Waals surface area contributed by atoms with E-state index in [2.05, 4.69) is 43.2 Å². The van der Waals surface area contributed by atoms with Crippen molar-refractivity contribution in [1.29, 1.82) is 0 Å². The molecule has 0 radical (unpaired) electrons. The standard InChI is InChI=1S/C17H26N2O2/c1-13(19-8-6-17(2,18-3)7-9-19)14-4-5-15-16(12-14)21-11-10-20-15/h4-5,12-13,18H,6-11H2,1-3H3. The molecule has 1 saturated heterocycles. The number of nitrogens with zero attached hydrogens (tertiary/aromatic N) is 1. The molecule has 1 fully saturated rings. The van der Waals surface area contributed by atoms with Crippen LogP contribution >= 0.6 is 0 Å². The maximum absolute atomic E-state index is 5.70. The molecule has 21 heavy (non-hydrogen) atoms. The zero-order valence-corrected chi connectivity index (χ0v) is 13.3. The van der Waals surface area contributed by atoms with E-state index in [1.807, 2.05) is 6.07 Å². The molecule has 1 atom stereocenters. The van der Waals surface area contributed by atoms with E-state index in [4.69, 9.17) is 9.47 Å². The van der Waals surface area contributed by atoms with Gasteiger partial charge < -0.3 is 14.8 Å². The van der Waals surface area contributed by atoms with E-state index in [0.29, 0.717) is 24.8 Å². The average Bonchev–Trinajstić information content (AvgIpc) is 2.54. The molecular weight excluding hydrogens is 264 g/mol. The van der Waals surface area contributed by atoms with E-state index in [-0.39, 0.29) is 0 Å². The largest absolute Gasteiger partial charge is 0.486 e. The second-order valence-corrected chi connectivity index (χ2v) is 6.43. The topological polar surface area (TPSA) is 33.7 Å². The molecule has 1 aromatic rings. The van der Waals surface area contributed by atoms with Crippen LogP contribution in [0.2, 0.25) is 0 Å². The second kappa shape index (κ2) is 5.85. The molecule has 0 aromatic heterocycles. The normalized spacial score (nSPS) is 22.8. The number of fused-ring (bicyclic) bond motifs is 1. The van der Waals surface area contributed by atoms with Crippen LogP contribution in [0, 0.1) is 0 Å². The van der Waals surface area contributed by atoms with Gasteiger partial charge in [-0.25, -0.2) is 0 Å². The number of hydrogen-bond acceptors (Lipinski definition) is 4. The van der Waals surface area contributed by atoms with E-state index < -0.39 is 0 Å². The van der Waals surface area contributed by atoms with Crippen molar-refractivity contribution in [2.45, 2.75) is 38.3 Å². The Morgan fingerprint density at radius 3 is 2.48 bits per heavy atom. The van der Waals surface area contributed by atoms with Crippen molar-refractivity contribution in [2.75, 3.05) is 33.4 Å². The minimum atomic E-state index is 0.295. The van der Waals surface area contributed by atoms with Crippen molar-refractivity contribution in [3.8, 4) is 11.5 Å². The number of nitrogens with one attached hydrogen (secondary N) is 1. The third-order valence-corrected chi connectivity index (χ3v) is 5.10. The van der Waals surface area contributed by atoms with Crippen LogP contribution in [0.1, 0.15) is 38.3 Å². The van der Waals surface area contributed by atoms with Crippen molar-refractivity contribution in [1.82, 2.24) is 10.2 Å². The number of benzene rings is 1. The predicted octanol–water partition coefficient (Wildman–Crippen LogP) is 2.59. The van der Waals surface area contributed by atoms with E-state index >= 15 is 0 Å². The zero-order valence-electron chi connectivity index (χ0n) is 13.3. The Bertz CT molecular complexity index is 496. The van der Waals surface area contributed by atoms with Crippen LogP contribution in [0.3, 0.4) is 0 Å². The lowest BCUT2D eigenvalue weighted by atomic mass is 9.88. The van der Waals surface area contributed by atoms with Crippen molar-refractivity contribution in [3.05, 3.63) is 23.8 Å². The van der Waals surface area contributed by atoms with Crippen LogP contribution < -0.4 is 14.8 Å². The van der Waals surface area contributed by atoms with Gasteiger partial charge in [-0.3, -0.25) is 4.90 Å². The van der Waals surface area contributed by atoms with Gasteiger partial charge in [0.2, 0.25) is 0 Å². The molecule has 2 aliphatic rings. The van der Waals surface area contributed by atoms with Crippen molar-refractivity contribution in [2.24, 2.45) is 0 Å². The van der Waals surface area contributed by atoms with Gasteiger partial charge in [0.1, 0.15) is 13.2 Å². The van der Waals surface area contributed by atoms with Gasteiger partial charge in [-0.2, -0.15) is 0 Å². The number of likely N-dealkylation sites (tertiary alicyclic amines) is 1. The first-order chi connectivity index (χ1) is 10.1. The predicted molar refractivity (Wildman–Crippen MR) is 84.1 cm³/mol. The molecule has 4 heteroatoms. The molecule has 2 aliphatic heterocycles. The second-order valence-electron chi connectivity index (χ2n) is 6.43. The molecule has 3 rings (SSSR count). The summed E-state index contributed by atoms with van der Waals surface area (Å²) in [7, 11) is 2.07. The van der Waals surface area contributed by atoms with Gasteiger partial charge in [-0.15, -0.1) is 0 Å². The quantitative estimate of drug-likeness (QED) is 0.928. The van der Waals surface area contributed by atoms with Crippen LogP contribution in [-0.4, -0.2) is 43.8 Å². The SMILES string of the molecule is CNC1(C)CCN(C(C)c2ccc3c(c2)OCCO3)CC1. The summed E-state index contributed by atoms with van der Waals surface area (Å²) in [5.41, 5.74) is 1.61. The lowest BCUT2D eigenvalue weighted by molar-refractivity contribution is 0.117. The molecule has 2 heterocycles. The molecule has 0 bridgehead atoms. The Kier molecular flexibility index (Phi) is 4.09. The Balaban J connectivity index is 1.70. The summed E-state index contributed by atoms with van der Waals surface area (Å²) in [4.78, 5) is 2.56. The lowest BCUT2D eigenvalue weighted by Crippen LogP contribution is -2.50. The van der Waals surface area contributed by atoms with Gasteiger partial charge in [-0.1, -0.05) is 6.07 Å². The maximum atomic E-state index is 5.70. The van der Waals surface area contributed by atoms with Crippen LogP contribution in [0.15, 0.2) is 18.2 Å². The van der Waals surface area contributed by atoms with Crippen LogP contribution in [-0.2, 0) is 0 Å². The monoisotopic (exact) mass is 290 g/mol. The highest BCUT2D eigenvalue weighted by Gasteiger charge is 2.30. The summed E-state index contributed by atoms with van der Waals surface area (Å²) in [5.74, 6) is 1.77. The third kappa shape index (κ3) is 3.01. The van der Waals surface area contributed by atoms with Crippen LogP contribution in [0.4, 0.5) is 0 Å². The maximum Gasteiger partial charge on any atom is 0.161 e. The highest BCUT2D eigenvalue weighted by atomic mass is 16.6. The Labute approximate surface area is 127 Å². The molecule has 0 amide bonds. The first-order valence-electron chi connectivity index (χ1n) is 7.94. The minimum Gasteiger partial charge on any atom is -0.486 e. The van der Waals surface area contributed by atoms with Gasteiger partial charge in [0.05, 0.1) is 0 Å². The number of piperidine rings is 1. The summed E-state index contributed by atoms with van der Waals surface area (Å²) in [6, 6.07) is 6.78. The van der Waals surface area contributed by atoms with Gasteiger partial charge in [0.15, 0.2) is 11.5 Å². The van der Waals surface area contributed by atoms with E-state index in [1.165, 1.54) is 18.4 Å². The average molecular weight is 290 g/mol. The fourth-order valence-corrected chi connectivity index (χ4v) is 3.19. The highest BCUT2D eigenvalue weighted by Crippen LogP contribution is 2.35. The molecule has 4 nitrogen and oxygen atoms in total. The van der Waals surface area contributed by atoms with Crippen molar-refractivity contribution in [3.63, 3.8) is 0 Å². The Hall–Kier alpha value is -1.26. The van der Waals surface area contributed by atoms with Crippen molar-refractivity contribution < 1.29 is 9.47 Å². The fraction of sp³-hybridized carbons (Fsp3) is 0.647. The molecule has 1 unspecified atom stereocenters. The number of hydrogen-bond donors (Lipinski definition) is 1.